The topological polar surface area (TPSA) is 46.9 Å². The normalized spacial score (nSPS) is 16.0. The maximum absolute atomic E-state index is 12.5. The Morgan fingerprint density at radius 2 is 1.95 bits per heavy atom. The number of hydrogen-bond acceptors (Lipinski definition) is 3. The molecule has 0 atom stereocenters. The molecule has 21 heavy (non-hydrogen) atoms. The fourth-order valence-corrected chi connectivity index (χ4v) is 2.83. The standard InChI is InChI=1S/C17H21N3O/c1-2-20-12-16(11-19-20)13-3-5-14(6-4-13)17(21)15-7-9-18-10-8-15/h3-6,11-12,15,18H,2,7-10H2,1H3. The van der Waals surface area contributed by atoms with Gasteiger partial charge < -0.3 is 5.32 Å². The van der Waals surface area contributed by atoms with Crippen molar-refractivity contribution in [3.63, 3.8) is 0 Å². The van der Waals surface area contributed by atoms with E-state index in [0.29, 0.717) is 0 Å². The van der Waals surface area contributed by atoms with Gasteiger partial charge in [-0.15, -0.1) is 0 Å². The number of carbonyl (C=O) groups excluding carboxylic acids is 1. The highest BCUT2D eigenvalue weighted by Crippen LogP contribution is 2.22. The van der Waals surface area contributed by atoms with E-state index in [1.807, 2.05) is 41.3 Å². The first-order valence-electron chi connectivity index (χ1n) is 7.65. The number of Topliss-reactive ketones (excluding diaryl/α,β-unsaturated/α-hetero) is 1. The molecule has 0 amide bonds. The zero-order valence-corrected chi connectivity index (χ0v) is 12.4. The van der Waals surface area contributed by atoms with Gasteiger partial charge >= 0.3 is 0 Å². The summed E-state index contributed by atoms with van der Waals surface area (Å²) in [4.78, 5) is 12.5. The molecule has 1 aromatic carbocycles. The Bertz CT molecular complexity index is 609. The third-order valence-electron chi connectivity index (χ3n) is 4.17. The zero-order valence-electron chi connectivity index (χ0n) is 12.4. The lowest BCUT2D eigenvalue weighted by Gasteiger charge is -2.21. The first-order valence-corrected chi connectivity index (χ1v) is 7.65. The predicted octanol–water partition coefficient (Wildman–Crippen LogP) is 2.75. The molecule has 0 aliphatic carbocycles. The van der Waals surface area contributed by atoms with Crippen LogP contribution in [-0.4, -0.2) is 28.7 Å². The molecule has 2 aromatic rings. The molecule has 0 spiro atoms. The van der Waals surface area contributed by atoms with Crippen LogP contribution in [0, 0.1) is 5.92 Å². The Hall–Kier alpha value is -1.94. The largest absolute Gasteiger partial charge is 0.317 e. The lowest BCUT2D eigenvalue weighted by molar-refractivity contribution is 0.0895. The number of benzene rings is 1. The average molecular weight is 283 g/mol. The fraction of sp³-hybridized carbons (Fsp3) is 0.412. The van der Waals surface area contributed by atoms with Crippen LogP contribution in [0.2, 0.25) is 0 Å². The van der Waals surface area contributed by atoms with E-state index >= 15 is 0 Å². The number of nitrogens with one attached hydrogen (secondary N) is 1. The van der Waals surface area contributed by atoms with Gasteiger partial charge in [-0.25, -0.2) is 0 Å². The van der Waals surface area contributed by atoms with Crippen LogP contribution in [0.5, 0.6) is 0 Å². The minimum absolute atomic E-state index is 0.181. The fourth-order valence-electron chi connectivity index (χ4n) is 2.83. The summed E-state index contributed by atoms with van der Waals surface area (Å²) in [5.41, 5.74) is 3.03. The van der Waals surface area contributed by atoms with E-state index in [0.717, 1.165) is 49.2 Å². The van der Waals surface area contributed by atoms with Crippen molar-refractivity contribution in [2.75, 3.05) is 13.1 Å². The number of aromatic nitrogens is 2. The molecule has 1 aliphatic heterocycles. The van der Waals surface area contributed by atoms with E-state index < -0.39 is 0 Å². The second-order valence-electron chi connectivity index (χ2n) is 5.55. The number of hydrogen-bond donors (Lipinski definition) is 1. The maximum atomic E-state index is 12.5. The molecule has 0 bridgehead atoms. The minimum atomic E-state index is 0.181. The Labute approximate surface area is 125 Å². The molecular formula is C17H21N3O. The van der Waals surface area contributed by atoms with E-state index in [4.69, 9.17) is 0 Å². The van der Waals surface area contributed by atoms with E-state index in [-0.39, 0.29) is 11.7 Å². The zero-order chi connectivity index (χ0) is 14.7. The number of aryl methyl sites for hydroxylation is 1. The highest BCUT2D eigenvalue weighted by molar-refractivity contribution is 5.98. The van der Waals surface area contributed by atoms with Crippen LogP contribution < -0.4 is 5.32 Å². The van der Waals surface area contributed by atoms with Crippen molar-refractivity contribution in [3.05, 3.63) is 42.2 Å². The quantitative estimate of drug-likeness (QED) is 0.878. The second-order valence-corrected chi connectivity index (χ2v) is 5.55. The van der Waals surface area contributed by atoms with Crippen molar-refractivity contribution in [2.24, 2.45) is 5.92 Å². The van der Waals surface area contributed by atoms with Crippen LogP contribution in [0.1, 0.15) is 30.1 Å². The van der Waals surface area contributed by atoms with Crippen molar-refractivity contribution < 1.29 is 4.79 Å². The van der Waals surface area contributed by atoms with Gasteiger partial charge in [0.1, 0.15) is 0 Å². The molecule has 0 unspecified atom stereocenters. The van der Waals surface area contributed by atoms with Crippen LogP contribution in [0.4, 0.5) is 0 Å². The number of piperidine rings is 1. The van der Waals surface area contributed by atoms with Gasteiger partial charge in [-0.2, -0.15) is 5.10 Å². The average Bonchev–Trinajstić information content (AvgIpc) is 3.04. The summed E-state index contributed by atoms with van der Waals surface area (Å²) in [7, 11) is 0. The second kappa shape index (κ2) is 6.22. The lowest BCUT2D eigenvalue weighted by Crippen LogP contribution is -2.31. The molecule has 1 N–H and O–H groups in total. The molecular weight excluding hydrogens is 262 g/mol. The Balaban J connectivity index is 1.75. The van der Waals surface area contributed by atoms with Crippen LogP contribution >= 0.6 is 0 Å². The number of carbonyl (C=O) groups is 1. The molecule has 1 fully saturated rings. The lowest BCUT2D eigenvalue weighted by atomic mass is 9.89. The first kappa shape index (κ1) is 14.0. The van der Waals surface area contributed by atoms with Crippen LogP contribution in [0.15, 0.2) is 36.7 Å². The summed E-state index contributed by atoms with van der Waals surface area (Å²) in [6.45, 7) is 4.83. The molecule has 110 valence electrons. The molecule has 0 radical (unpaired) electrons. The highest BCUT2D eigenvalue weighted by Gasteiger charge is 2.21. The van der Waals surface area contributed by atoms with Crippen molar-refractivity contribution >= 4 is 5.78 Å². The summed E-state index contributed by atoms with van der Waals surface area (Å²) >= 11 is 0. The van der Waals surface area contributed by atoms with E-state index in [2.05, 4.69) is 17.3 Å². The van der Waals surface area contributed by atoms with Gasteiger partial charge in [-0.05, 0) is 38.4 Å². The summed E-state index contributed by atoms with van der Waals surface area (Å²) in [6, 6.07) is 7.93. The molecule has 3 rings (SSSR count). The predicted molar refractivity (Wildman–Crippen MR) is 83.3 cm³/mol. The van der Waals surface area contributed by atoms with E-state index in [9.17, 15) is 4.79 Å². The van der Waals surface area contributed by atoms with Crippen LogP contribution in [-0.2, 0) is 6.54 Å². The SMILES string of the molecule is CCn1cc(-c2ccc(C(=O)C3CCNCC3)cc2)cn1. The molecule has 1 saturated heterocycles. The van der Waals surface area contributed by atoms with Crippen LogP contribution in [0.3, 0.4) is 0 Å². The first-order chi connectivity index (χ1) is 10.3. The van der Waals surface area contributed by atoms with Gasteiger partial charge in [-0.1, -0.05) is 24.3 Å². The molecule has 4 heteroatoms. The van der Waals surface area contributed by atoms with Crippen molar-refractivity contribution in [1.29, 1.82) is 0 Å². The smallest absolute Gasteiger partial charge is 0.166 e. The van der Waals surface area contributed by atoms with Crippen molar-refractivity contribution in [3.8, 4) is 11.1 Å². The van der Waals surface area contributed by atoms with Gasteiger partial charge in [0.05, 0.1) is 6.20 Å². The summed E-state index contributed by atoms with van der Waals surface area (Å²) in [5.74, 6) is 0.465. The Kier molecular flexibility index (Phi) is 4.15. The number of nitrogens with zero attached hydrogens (tertiary/aromatic N) is 2. The van der Waals surface area contributed by atoms with Gasteiger partial charge in [0, 0.05) is 29.8 Å². The summed E-state index contributed by atoms with van der Waals surface area (Å²) in [6.07, 6.45) is 5.80. The number of ketones is 1. The van der Waals surface area contributed by atoms with Gasteiger partial charge in [0.25, 0.3) is 0 Å². The summed E-state index contributed by atoms with van der Waals surface area (Å²) in [5, 5.41) is 7.58. The van der Waals surface area contributed by atoms with E-state index in [1.54, 1.807) is 0 Å². The number of rotatable bonds is 4. The van der Waals surface area contributed by atoms with Gasteiger partial charge in [-0.3, -0.25) is 9.48 Å². The molecule has 4 nitrogen and oxygen atoms in total. The van der Waals surface area contributed by atoms with Crippen molar-refractivity contribution in [1.82, 2.24) is 15.1 Å². The molecule has 0 saturated carbocycles. The molecule has 2 heterocycles. The highest BCUT2D eigenvalue weighted by atomic mass is 16.1. The third kappa shape index (κ3) is 3.05. The Morgan fingerprint density at radius 3 is 2.57 bits per heavy atom. The van der Waals surface area contributed by atoms with Gasteiger partial charge in [0.2, 0.25) is 0 Å². The molecule has 1 aliphatic rings. The monoisotopic (exact) mass is 283 g/mol. The van der Waals surface area contributed by atoms with E-state index in [1.165, 1.54) is 0 Å². The van der Waals surface area contributed by atoms with Gasteiger partial charge in [0.15, 0.2) is 5.78 Å². The maximum Gasteiger partial charge on any atom is 0.166 e. The summed E-state index contributed by atoms with van der Waals surface area (Å²) < 4.78 is 1.91. The van der Waals surface area contributed by atoms with Crippen LogP contribution in [0.25, 0.3) is 11.1 Å². The molecule has 1 aromatic heterocycles. The third-order valence-corrected chi connectivity index (χ3v) is 4.17. The Morgan fingerprint density at radius 1 is 1.24 bits per heavy atom. The minimum Gasteiger partial charge on any atom is -0.317 e. The van der Waals surface area contributed by atoms with Crippen molar-refractivity contribution in [2.45, 2.75) is 26.3 Å².